The molecular formula is C16H21N3O. The van der Waals surface area contributed by atoms with Gasteiger partial charge in [-0.3, -0.25) is 4.68 Å². The molecular weight excluding hydrogens is 250 g/mol. The second-order valence-corrected chi connectivity index (χ2v) is 5.60. The highest BCUT2D eigenvalue weighted by Crippen LogP contribution is 2.29. The number of anilines is 1. The molecule has 0 spiro atoms. The molecule has 1 aliphatic carbocycles. The number of benzene rings is 1. The van der Waals surface area contributed by atoms with Crippen LogP contribution in [0.5, 0.6) is 5.75 Å². The molecule has 4 heteroatoms. The van der Waals surface area contributed by atoms with Crippen molar-refractivity contribution in [2.45, 2.75) is 32.2 Å². The van der Waals surface area contributed by atoms with E-state index in [1.807, 2.05) is 24.4 Å². The molecule has 3 rings (SSSR count). The molecule has 0 saturated heterocycles. The van der Waals surface area contributed by atoms with Gasteiger partial charge in [-0.15, -0.1) is 0 Å². The minimum atomic E-state index is 0.711. The van der Waals surface area contributed by atoms with Gasteiger partial charge in [0.15, 0.2) is 0 Å². The zero-order valence-corrected chi connectivity index (χ0v) is 11.9. The maximum absolute atomic E-state index is 5.90. The lowest BCUT2D eigenvalue weighted by Gasteiger charge is -2.08. The van der Waals surface area contributed by atoms with E-state index < -0.39 is 0 Å². The Morgan fingerprint density at radius 2 is 2.05 bits per heavy atom. The van der Waals surface area contributed by atoms with E-state index in [9.17, 15) is 0 Å². The van der Waals surface area contributed by atoms with Crippen LogP contribution in [0.25, 0.3) is 11.1 Å². The average Bonchev–Trinajstić information content (AvgIpc) is 3.10. The third kappa shape index (κ3) is 2.79. The van der Waals surface area contributed by atoms with Crippen molar-refractivity contribution in [1.82, 2.24) is 9.78 Å². The number of rotatable bonds is 4. The third-order valence-corrected chi connectivity index (χ3v) is 4.05. The van der Waals surface area contributed by atoms with Gasteiger partial charge in [0.1, 0.15) is 5.75 Å². The number of ether oxygens (including phenoxy) is 1. The van der Waals surface area contributed by atoms with E-state index in [0.29, 0.717) is 5.69 Å². The average molecular weight is 271 g/mol. The van der Waals surface area contributed by atoms with Crippen LogP contribution in [-0.2, 0) is 6.54 Å². The van der Waals surface area contributed by atoms with Gasteiger partial charge in [0.05, 0.1) is 13.3 Å². The fourth-order valence-corrected chi connectivity index (χ4v) is 2.98. The Bertz CT molecular complexity index is 585. The highest BCUT2D eigenvalue weighted by Gasteiger charge is 2.16. The molecule has 0 amide bonds. The van der Waals surface area contributed by atoms with Gasteiger partial charge in [0.25, 0.3) is 0 Å². The molecule has 1 saturated carbocycles. The van der Waals surface area contributed by atoms with Crippen LogP contribution in [0.2, 0.25) is 0 Å². The molecule has 20 heavy (non-hydrogen) atoms. The number of nitrogens with two attached hydrogens (primary N) is 1. The predicted octanol–water partition coefficient (Wildman–Crippen LogP) is 3.33. The number of nitrogens with zero attached hydrogens (tertiary/aromatic N) is 2. The minimum Gasteiger partial charge on any atom is -0.497 e. The maximum atomic E-state index is 5.90. The molecule has 1 aliphatic rings. The summed E-state index contributed by atoms with van der Waals surface area (Å²) in [5.41, 5.74) is 8.76. The zero-order valence-electron chi connectivity index (χ0n) is 11.9. The number of methoxy groups -OCH3 is 1. The van der Waals surface area contributed by atoms with Crippen LogP contribution in [0.3, 0.4) is 0 Å². The van der Waals surface area contributed by atoms with E-state index in [-0.39, 0.29) is 0 Å². The SMILES string of the molecule is COc1cc(N)cc(-c2cnn(CC3CCCC3)c2)c1. The summed E-state index contributed by atoms with van der Waals surface area (Å²) >= 11 is 0. The lowest BCUT2D eigenvalue weighted by atomic mass is 10.1. The van der Waals surface area contributed by atoms with Crippen molar-refractivity contribution in [3.05, 3.63) is 30.6 Å². The van der Waals surface area contributed by atoms with Crippen molar-refractivity contribution < 1.29 is 4.74 Å². The molecule has 0 bridgehead atoms. The van der Waals surface area contributed by atoms with Crippen LogP contribution >= 0.6 is 0 Å². The van der Waals surface area contributed by atoms with Gasteiger partial charge in [-0.1, -0.05) is 12.8 Å². The Morgan fingerprint density at radius 3 is 2.80 bits per heavy atom. The number of aromatic nitrogens is 2. The van der Waals surface area contributed by atoms with E-state index in [2.05, 4.69) is 16.0 Å². The summed E-state index contributed by atoms with van der Waals surface area (Å²) in [5, 5.41) is 4.48. The summed E-state index contributed by atoms with van der Waals surface area (Å²) in [6, 6.07) is 5.78. The topological polar surface area (TPSA) is 53.1 Å². The van der Waals surface area contributed by atoms with Crippen molar-refractivity contribution in [2.24, 2.45) is 5.92 Å². The van der Waals surface area contributed by atoms with Crippen LogP contribution in [-0.4, -0.2) is 16.9 Å². The van der Waals surface area contributed by atoms with Gasteiger partial charge >= 0.3 is 0 Å². The van der Waals surface area contributed by atoms with Crippen LogP contribution in [0.1, 0.15) is 25.7 Å². The Balaban J connectivity index is 1.80. The van der Waals surface area contributed by atoms with E-state index in [1.54, 1.807) is 7.11 Å². The standard InChI is InChI=1S/C16H21N3O/c1-20-16-7-13(6-15(17)8-16)14-9-18-19(11-14)10-12-4-2-3-5-12/h6-9,11-12H,2-5,10,17H2,1H3. The molecule has 1 aromatic heterocycles. The van der Waals surface area contributed by atoms with Gasteiger partial charge < -0.3 is 10.5 Å². The van der Waals surface area contributed by atoms with Crippen LogP contribution in [0, 0.1) is 5.92 Å². The van der Waals surface area contributed by atoms with Crippen molar-refractivity contribution in [2.75, 3.05) is 12.8 Å². The summed E-state index contributed by atoms with van der Waals surface area (Å²) in [6.45, 7) is 1.03. The quantitative estimate of drug-likeness (QED) is 0.868. The molecule has 0 aliphatic heterocycles. The highest BCUT2D eigenvalue weighted by molar-refractivity contribution is 5.68. The second-order valence-electron chi connectivity index (χ2n) is 5.60. The zero-order chi connectivity index (χ0) is 13.9. The van der Waals surface area contributed by atoms with Crippen molar-refractivity contribution in [3.63, 3.8) is 0 Å². The summed E-state index contributed by atoms with van der Waals surface area (Å²) < 4.78 is 7.32. The fourth-order valence-electron chi connectivity index (χ4n) is 2.98. The van der Waals surface area contributed by atoms with Gasteiger partial charge in [-0.2, -0.15) is 5.10 Å². The van der Waals surface area contributed by atoms with Gasteiger partial charge in [0.2, 0.25) is 0 Å². The molecule has 1 heterocycles. The Kier molecular flexibility index (Phi) is 3.63. The van der Waals surface area contributed by atoms with E-state index in [0.717, 1.165) is 29.3 Å². The maximum Gasteiger partial charge on any atom is 0.121 e. The van der Waals surface area contributed by atoms with Crippen LogP contribution in [0.15, 0.2) is 30.6 Å². The highest BCUT2D eigenvalue weighted by atomic mass is 16.5. The molecule has 4 nitrogen and oxygen atoms in total. The van der Waals surface area contributed by atoms with E-state index in [4.69, 9.17) is 10.5 Å². The normalized spacial score (nSPS) is 15.7. The largest absolute Gasteiger partial charge is 0.497 e. The first kappa shape index (κ1) is 13.0. The second kappa shape index (κ2) is 5.57. The lowest BCUT2D eigenvalue weighted by molar-refractivity contribution is 0.415. The molecule has 0 radical (unpaired) electrons. The third-order valence-electron chi connectivity index (χ3n) is 4.05. The van der Waals surface area contributed by atoms with E-state index in [1.165, 1.54) is 25.7 Å². The number of hydrogen-bond donors (Lipinski definition) is 1. The summed E-state index contributed by atoms with van der Waals surface area (Å²) in [6.07, 6.45) is 9.41. The molecule has 106 valence electrons. The lowest BCUT2D eigenvalue weighted by Crippen LogP contribution is -2.07. The monoisotopic (exact) mass is 271 g/mol. The Hall–Kier alpha value is -1.97. The molecule has 2 N–H and O–H groups in total. The summed E-state index contributed by atoms with van der Waals surface area (Å²) in [5.74, 6) is 1.57. The number of hydrogen-bond acceptors (Lipinski definition) is 3. The molecule has 0 unspecified atom stereocenters. The predicted molar refractivity (Wildman–Crippen MR) is 80.6 cm³/mol. The molecule has 2 aromatic rings. The molecule has 1 fully saturated rings. The van der Waals surface area contributed by atoms with E-state index >= 15 is 0 Å². The van der Waals surface area contributed by atoms with Gasteiger partial charge in [-0.05, 0) is 36.5 Å². The van der Waals surface area contributed by atoms with Crippen molar-refractivity contribution in [1.29, 1.82) is 0 Å². The van der Waals surface area contributed by atoms with Crippen molar-refractivity contribution in [3.8, 4) is 16.9 Å². The smallest absolute Gasteiger partial charge is 0.121 e. The first-order valence-corrected chi connectivity index (χ1v) is 7.22. The number of nitrogen functional groups attached to an aromatic ring is 1. The van der Waals surface area contributed by atoms with Crippen LogP contribution in [0.4, 0.5) is 5.69 Å². The minimum absolute atomic E-state index is 0.711. The summed E-state index contributed by atoms with van der Waals surface area (Å²) in [7, 11) is 1.65. The Labute approximate surface area is 119 Å². The molecule has 1 aromatic carbocycles. The van der Waals surface area contributed by atoms with Gasteiger partial charge in [0, 0.05) is 30.1 Å². The first-order chi connectivity index (χ1) is 9.74. The first-order valence-electron chi connectivity index (χ1n) is 7.22. The fraction of sp³-hybridized carbons (Fsp3) is 0.438. The molecule has 0 atom stereocenters. The van der Waals surface area contributed by atoms with Crippen LogP contribution < -0.4 is 10.5 Å². The van der Waals surface area contributed by atoms with Crippen molar-refractivity contribution >= 4 is 5.69 Å². The summed E-state index contributed by atoms with van der Waals surface area (Å²) in [4.78, 5) is 0. The Morgan fingerprint density at radius 1 is 1.25 bits per heavy atom. The van der Waals surface area contributed by atoms with Gasteiger partial charge in [-0.25, -0.2) is 0 Å².